The first-order valence-corrected chi connectivity index (χ1v) is 7.18. The van der Waals surface area contributed by atoms with E-state index in [9.17, 15) is 0 Å². The molecule has 1 aromatic carbocycles. The minimum absolute atomic E-state index is 0.557. The van der Waals surface area contributed by atoms with E-state index in [1.165, 1.54) is 50.6 Å². The van der Waals surface area contributed by atoms with Crippen molar-refractivity contribution in [2.75, 3.05) is 6.54 Å². The smallest absolute Gasteiger partial charge is 0.0320 e. The van der Waals surface area contributed by atoms with Crippen LogP contribution in [0.15, 0.2) is 30.3 Å². The molecule has 1 atom stereocenters. The van der Waals surface area contributed by atoms with Crippen molar-refractivity contribution in [1.82, 2.24) is 5.32 Å². The predicted octanol–water partition coefficient (Wildman–Crippen LogP) is 4.31. The normalized spacial score (nSPS) is 18.4. The maximum absolute atomic E-state index is 3.78. The van der Waals surface area contributed by atoms with Crippen LogP contribution in [-0.2, 0) is 0 Å². The molecule has 0 amide bonds. The van der Waals surface area contributed by atoms with Crippen LogP contribution >= 0.6 is 0 Å². The van der Waals surface area contributed by atoms with Crippen LogP contribution in [0.25, 0.3) is 0 Å². The van der Waals surface area contributed by atoms with Crippen LogP contribution in [0.1, 0.15) is 57.1 Å². The number of rotatable bonds is 6. The van der Waals surface area contributed by atoms with Gasteiger partial charge in [-0.1, -0.05) is 56.5 Å². The largest absolute Gasteiger partial charge is 0.310 e. The SMILES string of the molecule is CCCC(NCC1CCCC1)c1ccccc1. The number of nitrogens with one attached hydrogen (secondary N) is 1. The zero-order chi connectivity index (χ0) is 11.9. The van der Waals surface area contributed by atoms with Crippen LogP contribution in [0.2, 0.25) is 0 Å². The number of hydrogen-bond acceptors (Lipinski definition) is 1. The van der Waals surface area contributed by atoms with Gasteiger partial charge in [-0.25, -0.2) is 0 Å². The Morgan fingerprint density at radius 2 is 1.88 bits per heavy atom. The van der Waals surface area contributed by atoms with Gasteiger partial charge in [-0.3, -0.25) is 0 Å². The highest BCUT2D eigenvalue weighted by atomic mass is 14.9. The van der Waals surface area contributed by atoms with Crippen molar-refractivity contribution in [2.24, 2.45) is 5.92 Å². The van der Waals surface area contributed by atoms with Gasteiger partial charge < -0.3 is 5.32 Å². The Bertz CT molecular complexity index is 301. The van der Waals surface area contributed by atoms with Gasteiger partial charge >= 0.3 is 0 Å². The average Bonchev–Trinajstić information content (AvgIpc) is 2.88. The van der Waals surface area contributed by atoms with Crippen molar-refractivity contribution < 1.29 is 0 Å². The molecular weight excluding hydrogens is 206 g/mol. The van der Waals surface area contributed by atoms with Gasteiger partial charge in [-0.05, 0) is 37.3 Å². The molecule has 94 valence electrons. The molecule has 1 heteroatoms. The molecule has 2 rings (SSSR count). The van der Waals surface area contributed by atoms with Crippen LogP contribution in [0.4, 0.5) is 0 Å². The third-order valence-electron chi connectivity index (χ3n) is 3.91. The first-order chi connectivity index (χ1) is 8.40. The highest BCUT2D eigenvalue weighted by Gasteiger charge is 2.17. The minimum Gasteiger partial charge on any atom is -0.310 e. The van der Waals surface area contributed by atoms with Crippen LogP contribution in [-0.4, -0.2) is 6.54 Å². The summed E-state index contributed by atoms with van der Waals surface area (Å²) in [5, 5.41) is 3.78. The van der Waals surface area contributed by atoms with Gasteiger partial charge in [0.15, 0.2) is 0 Å². The molecule has 1 saturated carbocycles. The summed E-state index contributed by atoms with van der Waals surface area (Å²) in [6, 6.07) is 11.5. The third-order valence-corrected chi connectivity index (χ3v) is 3.91. The van der Waals surface area contributed by atoms with Gasteiger partial charge in [0.1, 0.15) is 0 Å². The fraction of sp³-hybridized carbons (Fsp3) is 0.625. The molecule has 1 aromatic rings. The summed E-state index contributed by atoms with van der Waals surface area (Å²) >= 11 is 0. The maximum Gasteiger partial charge on any atom is 0.0320 e. The Morgan fingerprint density at radius 1 is 1.18 bits per heavy atom. The molecule has 1 N–H and O–H groups in total. The minimum atomic E-state index is 0.557. The van der Waals surface area contributed by atoms with Gasteiger partial charge in [0.25, 0.3) is 0 Å². The van der Waals surface area contributed by atoms with Crippen LogP contribution in [0.5, 0.6) is 0 Å². The standard InChI is InChI=1S/C16H25N/c1-2-8-16(15-11-4-3-5-12-15)17-13-14-9-6-7-10-14/h3-5,11-12,14,16-17H,2,6-10,13H2,1H3. The monoisotopic (exact) mass is 231 g/mol. The summed E-state index contributed by atoms with van der Waals surface area (Å²) < 4.78 is 0. The summed E-state index contributed by atoms with van der Waals surface area (Å²) in [6.07, 6.45) is 8.24. The van der Waals surface area contributed by atoms with Crippen molar-refractivity contribution in [3.63, 3.8) is 0 Å². The molecule has 0 aliphatic heterocycles. The molecule has 1 aliphatic carbocycles. The van der Waals surface area contributed by atoms with E-state index in [0.29, 0.717) is 6.04 Å². The van der Waals surface area contributed by atoms with E-state index in [2.05, 4.69) is 42.6 Å². The fourth-order valence-electron chi connectivity index (χ4n) is 2.88. The van der Waals surface area contributed by atoms with Crippen LogP contribution < -0.4 is 5.32 Å². The quantitative estimate of drug-likeness (QED) is 0.769. The molecule has 0 spiro atoms. The second-order valence-electron chi connectivity index (χ2n) is 5.31. The molecule has 17 heavy (non-hydrogen) atoms. The molecule has 1 fully saturated rings. The second-order valence-corrected chi connectivity index (χ2v) is 5.31. The molecule has 0 bridgehead atoms. The van der Waals surface area contributed by atoms with Gasteiger partial charge in [0.2, 0.25) is 0 Å². The number of benzene rings is 1. The van der Waals surface area contributed by atoms with Crippen molar-refractivity contribution in [3.05, 3.63) is 35.9 Å². The van der Waals surface area contributed by atoms with E-state index in [1.807, 2.05) is 0 Å². The van der Waals surface area contributed by atoms with E-state index in [0.717, 1.165) is 5.92 Å². The summed E-state index contributed by atoms with van der Waals surface area (Å²) in [4.78, 5) is 0. The number of hydrogen-bond donors (Lipinski definition) is 1. The van der Waals surface area contributed by atoms with Crippen LogP contribution in [0, 0.1) is 5.92 Å². The topological polar surface area (TPSA) is 12.0 Å². The highest BCUT2D eigenvalue weighted by Crippen LogP contribution is 2.25. The van der Waals surface area contributed by atoms with E-state index >= 15 is 0 Å². The van der Waals surface area contributed by atoms with E-state index in [1.54, 1.807) is 0 Å². The predicted molar refractivity (Wildman–Crippen MR) is 74.1 cm³/mol. The Balaban J connectivity index is 1.88. The first-order valence-electron chi connectivity index (χ1n) is 7.18. The zero-order valence-electron chi connectivity index (χ0n) is 11.0. The fourth-order valence-corrected chi connectivity index (χ4v) is 2.88. The lowest BCUT2D eigenvalue weighted by Crippen LogP contribution is -2.26. The van der Waals surface area contributed by atoms with Gasteiger partial charge in [-0.2, -0.15) is 0 Å². The Morgan fingerprint density at radius 3 is 2.53 bits per heavy atom. The zero-order valence-corrected chi connectivity index (χ0v) is 11.0. The summed E-state index contributed by atoms with van der Waals surface area (Å²) in [5.41, 5.74) is 1.45. The molecule has 0 heterocycles. The van der Waals surface area contributed by atoms with Crippen molar-refractivity contribution in [3.8, 4) is 0 Å². The van der Waals surface area contributed by atoms with E-state index in [-0.39, 0.29) is 0 Å². The van der Waals surface area contributed by atoms with Crippen molar-refractivity contribution in [2.45, 2.75) is 51.5 Å². The van der Waals surface area contributed by atoms with Gasteiger partial charge in [0.05, 0.1) is 0 Å². The summed E-state index contributed by atoms with van der Waals surface area (Å²) in [6.45, 7) is 3.48. The lowest BCUT2D eigenvalue weighted by molar-refractivity contribution is 0.420. The highest BCUT2D eigenvalue weighted by molar-refractivity contribution is 5.18. The average molecular weight is 231 g/mol. The molecular formula is C16H25N. The molecule has 0 radical (unpaired) electrons. The Labute approximate surface area is 106 Å². The summed E-state index contributed by atoms with van der Waals surface area (Å²) in [5.74, 6) is 0.929. The first kappa shape index (κ1) is 12.6. The second kappa shape index (κ2) is 6.80. The van der Waals surface area contributed by atoms with Crippen molar-refractivity contribution in [1.29, 1.82) is 0 Å². The Kier molecular flexibility index (Phi) is 5.06. The molecule has 1 nitrogen and oxygen atoms in total. The summed E-state index contributed by atoms with van der Waals surface area (Å²) in [7, 11) is 0. The lowest BCUT2D eigenvalue weighted by Gasteiger charge is -2.21. The van der Waals surface area contributed by atoms with Crippen LogP contribution in [0.3, 0.4) is 0 Å². The third kappa shape index (κ3) is 3.85. The van der Waals surface area contributed by atoms with Gasteiger partial charge in [-0.15, -0.1) is 0 Å². The lowest BCUT2D eigenvalue weighted by atomic mass is 10.0. The van der Waals surface area contributed by atoms with E-state index in [4.69, 9.17) is 0 Å². The molecule has 0 aromatic heterocycles. The Hall–Kier alpha value is -0.820. The van der Waals surface area contributed by atoms with Crippen molar-refractivity contribution >= 4 is 0 Å². The molecule has 1 unspecified atom stereocenters. The molecule has 1 aliphatic rings. The molecule has 0 saturated heterocycles. The van der Waals surface area contributed by atoms with E-state index < -0.39 is 0 Å². The van der Waals surface area contributed by atoms with Gasteiger partial charge in [0, 0.05) is 6.04 Å². The maximum atomic E-state index is 3.78.